The summed E-state index contributed by atoms with van der Waals surface area (Å²) < 4.78 is 6.39. The van der Waals surface area contributed by atoms with E-state index >= 15 is 0 Å². The van der Waals surface area contributed by atoms with Crippen LogP contribution in [0.15, 0.2) is 216 Å². The number of allylic oxidation sites excluding steroid dienone is 8. The molecule has 0 bridgehead atoms. The van der Waals surface area contributed by atoms with Crippen molar-refractivity contribution in [1.82, 2.24) is 0 Å². The van der Waals surface area contributed by atoms with Crippen molar-refractivity contribution < 1.29 is 4.42 Å². The summed E-state index contributed by atoms with van der Waals surface area (Å²) in [7, 11) is 0. The van der Waals surface area contributed by atoms with Gasteiger partial charge in [-0.1, -0.05) is 165 Å². The lowest BCUT2D eigenvalue weighted by Crippen LogP contribution is -2.15. The SMILES string of the molecule is CC1C=CC(c2ccc(N(c3ccc(-c4cccc(-c5cccc6c5ccc5ccccc56)c4)cc3)c3cccc4oc5ccccc5c34)cc2)=C2C=CC=CC21. The Morgan fingerprint density at radius 2 is 1.18 bits per heavy atom. The van der Waals surface area contributed by atoms with Gasteiger partial charge in [-0.25, -0.2) is 0 Å². The Kier molecular flexibility index (Phi) is 7.89. The molecule has 0 N–H and O–H groups in total. The van der Waals surface area contributed by atoms with Crippen molar-refractivity contribution in [2.24, 2.45) is 11.8 Å². The second-order valence-electron chi connectivity index (χ2n) is 15.3. The standard InChI is InChI=1S/C55H39NO/c1-36-23-33-47(48-16-5-4-14-44(36)48)39-26-31-43(32-27-39)56(52-20-10-22-54-55(52)51-17-6-7-21-53(51)57-54)42-29-24-37(25-30-42)40-12-8-13-41(35-40)46-18-9-19-49-45-15-3-2-11-38(45)28-34-50(46)49/h2-36,44H,1H3. The van der Waals surface area contributed by atoms with Crippen LogP contribution < -0.4 is 4.90 Å². The average molecular weight is 730 g/mol. The summed E-state index contributed by atoms with van der Waals surface area (Å²) in [6.07, 6.45) is 13.6. The third-order valence-corrected chi connectivity index (χ3v) is 12.0. The van der Waals surface area contributed by atoms with Crippen LogP contribution in [0.1, 0.15) is 12.5 Å². The number of furan rings is 1. The van der Waals surface area contributed by atoms with Gasteiger partial charge in [0.05, 0.1) is 11.1 Å². The van der Waals surface area contributed by atoms with Crippen molar-refractivity contribution in [2.45, 2.75) is 6.92 Å². The molecule has 2 aliphatic rings. The number of para-hydroxylation sites is 1. The third kappa shape index (κ3) is 5.64. The molecule has 2 heteroatoms. The number of nitrogens with zero attached hydrogens (tertiary/aromatic N) is 1. The quantitative estimate of drug-likeness (QED) is 0.158. The van der Waals surface area contributed by atoms with Gasteiger partial charge < -0.3 is 9.32 Å². The van der Waals surface area contributed by atoms with Crippen LogP contribution in [-0.4, -0.2) is 0 Å². The molecule has 270 valence electrons. The van der Waals surface area contributed by atoms with Crippen LogP contribution in [0.5, 0.6) is 0 Å². The Hall–Kier alpha value is -7.16. The molecule has 0 saturated heterocycles. The zero-order chi connectivity index (χ0) is 37.9. The second kappa shape index (κ2) is 13.5. The van der Waals surface area contributed by atoms with Crippen LogP contribution >= 0.6 is 0 Å². The summed E-state index contributed by atoms with van der Waals surface area (Å²) in [5.41, 5.74) is 13.7. The number of fused-ring (bicyclic) bond motifs is 7. The number of rotatable bonds is 6. The maximum absolute atomic E-state index is 6.39. The first-order valence-electron chi connectivity index (χ1n) is 19.9. The molecule has 1 heterocycles. The van der Waals surface area contributed by atoms with Crippen LogP contribution in [0.3, 0.4) is 0 Å². The molecule has 2 nitrogen and oxygen atoms in total. The highest BCUT2D eigenvalue weighted by atomic mass is 16.3. The zero-order valence-electron chi connectivity index (χ0n) is 31.6. The molecule has 0 saturated carbocycles. The van der Waals surface area contributed by atoms with Crippen molar-refractivity contribution in [3.05, 3.63) is 217 Å². The van der Waals surface area contributed by atoms with E-state index < -0.39 is 0 Å². The lowest BCUT2D eigenvalue weighted by molar-refractivity contribution is 0.585. The molecule has 0 amide bonds. The lowest BCUT2D eigenvalue weighted by Gasteiger charge is -2.29. The molecule has 0 fully saturated rings. The number of hydrogen-bond donors (Lipinski definition) is 0. The first-order valence-corrected chi connectivity index (χ1v) is 19.9. The predicted molar refractivity (Wildman–Crippen MR) is 241 cm³/mol. The largest absolute Gasteiger partial charge is 0.456 e. The third-order valence-electron chi connectivity index (χ3n) is 12.0. The van der Waals surface area contributed by atoms with Crippen LogP contribution in [0.4, 0.5) is 17.1 Å². The van der Waals surface area contributed by atoms with Gasteiger partial charge in [0.25, 0.3) is 0 Å². The first-order chi connectivity index (χ1) is 28.2. The molecule has 0 aliphatic heterocycles. The molecule has 11 rings (SSSR count). The minimum atomic E-state index is 0.407. The van der Waals surface area contributed by atoms with Gasteiger partial charge in [-0.15, -0.1) is 0 Å². The van der Waals surface area contributed by atoms with Crippen molar-refractivity contribution >= 4 is 66.1 Å². The van der Waals surface area contributed by atoms with Crippen LogP contribution in [0.25, 0.3) is 71.3 Å². The van der Waals surface area contributed by atoms with E-state index in [1.807, 2.05) is 6.07 Å². The summed E-state index contributed by atoms with van der Waals surface area (Å²) in [6, 6.07) is 61.6. The molecule has 0 radical (unpaired) electrons. The van der Waals surface area contributed by atoms with Crippen molar-refractivity contribution in [3.63, 3.8) is 0 Å². The molecule has 2 aliphatic carbocycles. The van der Waals surface area contributed by atoms with Gasteiger partial charge in [0.1, 0.15) is 11.2 Å². The Labute approximate surface area is 332 Å². The molecular weight excluding hydrogens is 691 g/mol. The fraction of sp³-hybridized carbons (Fsp3) is 0.0545. The molecule has 2 unspecified atom stereocenters. The monoisotopic (exact) mass is 729 g/mol. The van der Waals surface area contributed by atoms with E-state index in [1.165, 1.54) is 60.5 Å². The molecule has 0 spiro atoms. The molecular formula is C55H39NO. The Morgan fingerprint density at radius 1 is 0.474 bits per heavy atom. The summed E-state index contributed by atoms with van der Waals surface area (Å²) in [5, 5.41) is 7.31. The highest BCUT2D eigenvalue weighted by Gasteiger charge is 2.25. The maximum Gasteiger partial charge on any atom is 0.137 e. The van der Waals surface area contributed by atoms with Crippen molar-refractivity contribution in [1.29, 1.82) is 0 Å². The van der Waals surface area contributed by atoms with E-state index in [1.54, 1.807) is 0 Å². The number of anilines is 3. The highest BCUT2D eigenvalue weighted by Crippen LogP contribution is 2.45. The highest BCUT2D eigenvalue weighted by molar-refractivity contribution is 6.14. The summed E-state index contributed by atoms with van der Waals surface area (Å²) in [5.74, 6) is 0.888. The second-order valence-corrected chi connectivity index (χ2v) is 15.3. The molecule has 57 heavy (non-hydrogen) atoms. The number of benzene rings is 8. The molecule has 9 aromatic rings. The zero-order valence-corrected chi connectivity index (χ0v) is 31.6. The van der Waals surface area contributed by atoms with E-state index in [2.05, 4.69) is 212 Å². The molecule has 8 aromatic carbocycles. The van der Waals surface area contributed by atoms with Crippen molar-refractivity contribution in [2.75, 3.05) is 4.90 Å². The summed E-state index contributed by atoms with van der Waals surface area (Å²) in [6.45, 7) is 2.30. The normalized spacial score (nSPS) is 16.2. The first kappa shape index (κ1) is 33.2. The van der Waals surface area contributed by atoms with Gasteiger partial charge in [-0.2, -0.15) is 0 Å². The van der Waals surface area contributed by atoms with E-state index in [4.69, 9.17) is 4.42 Å². The van der Waals surface area contributed by atoms with E-state index in [0.29, 0.717) is 11.8 Å². The van der Waals surface area contributed by atoms with Gasteiger partial charge in [-0.3, -0.25) is 0 Å². The minimum Gasteiger partial charge on any atom is -0.456 e. The van der Waals surface area contributed by atoms with Crippen LogP contribution in [0.2, 0.25) is 0 Å². The topological polar surface area (TPSA) is 16.4 Å². The average Bonchev–Trinajstić information content (AvgIpc) is 3.67. The van der Waals surface area contributed by atoms with Gasteiger partial charge in [-0.05, 0) is 115 Å². The van der Waals surface area contributed by atoms with E-state index in [9.17, 15) is 0 Å². The molecule has 1 aromatic heterocycles. The van der Waals surface area contributed by atoms with E-state index in [0.717, 1.165) is 39.0 Å². The smallest absolute Gasteiger partial charge is 0.137 e. The lowest BCUT2D eigenvalue weighted by atomic mass is 9.76. The van der Waals surface area contributed by atoms with E-state index in [-0.39, 0.29) is 0 Å². The number of hydrogen-bond acceptors (Lipinski definition) is 2. The van der Waals surface area contributed by atoms with Gasteiger partial charge in [0, 0.05) is 22.7 Å². The fourth-order valence-corrected chi connectivity index (χ4v) is 9.13. The summed E-state index contributed by atoms with van der Waals surface area (Å²) >= 11 is 0. The van der Waals surface area contributed by atoms with Gasteiger partial charge in [0.15, 0.2) is 0 Å². The Morgan fingerprint density at radius 3 is 2.04 bits per heavy atom. The van der Waals surface area contributed by atoms with Gasteiger partial charge >= 0.3 is 0 Å². The van der Waals surface area contributed by atoms with Crippen LogP contribution in [0, 0.1) is 11.8 Å². The Bertz CT molecular complexity index is 3140. The molecule has 2 atom stereocenters. The maximum atomic E-state index is 6.39. The minimum absolute atomic E-state index is 0.407. The van der Waals surface area contributed by atoms with Gasteiger partial charge in [0.2, 0.25) is 0 Å². The fourth-order valence-electron chi connectivity index (χ4n) is 9.13. The Balaban J connectivity index is 1.00. The summed E-state index contributed by atoms with van der Waals surface area (Å²) in [4.78, 5) is 2.37. The predicted octanol–water partition coefficient (Wildman–Crippen LogP) is 15.4. The van der Waals surface area contributed by atoms with Crippen LogP contribution in [-0.2, 0) is 0 Å². The van der Waals surface area contributed by atoms with Crippen molar-refractivity contribution in [3.8, 4) is 22.3 Å².